The number of nitrogens with zero attached hydrogens (tertiary/aromatic N) is 1. The van der Waals surface area contributed by atoms with Crippen LogP contribution in [0.1, 0.15) is 30.9 Å². The summed E-state index contributed by atoms with van der Waals surface area (Å²) in [6.45, 7) is 4.45. The molecule has 1 saturated heterocycles. The van der Waals surface area contributed by atoms with Crippen molar-refractivity contribution in [3.05, 3.63) is 65.5 Å². The first-order valence-electron chi connectivity index (χ1n) is 9.29. The Kier molecular flexibility index (Phi) is 7.83. The Morgan fingerprint density at radius 2 is 1.67 bits per heavy atom. The summed E-state index contributed by atoms with van der Waals surface area (Å²) in [5.41, 5.74) is 2.02. The molecule has 0 spiro atoms. The average molecular weight is 412 g/mol. The van der Waals surface area contributed by atoms with Gasteiger partial charge in [0.1, 0.15) is 5.82 Å². The van der Waals surface area contributed by atoms with Crippen LogP contribution in [0.2, 0.25) is 0 Å². The Balaban J connectivity index is 0.00000261. The molecule has 1 heterocycles. The summed E-state index contributed by atoms with van der Waals surface area (Å²) >= 11 is 0. The molecule has 0 N–H and O–H groups in total. The van der Waals surface area contributed by atoms with Crippen molar-refractivity contribution in [1.29, 1.82) is 0 Å². The summed E-state index contributed by atoms with van der Waals surface area (Å²) in [6.07, 6.45) is 2.93. The second kappa shape index (κ2) is 9.67. The molecule has 0 radical (unpaired) electrons. The van der Waals surface area contributed by atoms with E-state index in [4.69, 9.17) is 0 Å². The highest BCUT2D eigenvalue weighted by Gasteiger charge is 2.32. The van der Waals surface area contributed by atoms with Crippen molar-refractivity contribution in [3.63, 3.8) is 0 Å². The molecule has 3 nitrogen and oxygen atoms in total. The molecule has 0 aromatic heterocycles. The van der Waals surface area contributed by atoms with Gasteiger partial charge in [-0.05, 0) is 68.1 Å². The van der Waals surface area contributed by atoms with Gasteiger partial charge in [-0.25, -0.2) is 12.8 Å². The third-order valence-electron chi connectivity index (χ3n) is 5.26. The van der Waals surface area contributed by atoms with Crippen LogP contribution in [0.3, 0.4) is 0 Å². The fourth-order valence-corrected chi connectivity index (χ4v) is 5.67. The zero-order valence-electron chi connectivity index (χ0n) is 15.6. The van der Waals surface area contributed by atoms with Crippen LogP contribution in [0.25, 0.3) is 0 Å². The topological polar surface area (TPSA) is 37.4 Å². The molecule has 0 aliphatic carbocycles. The molecule has 0 unspecified atom stereocenters. The fourth-order valence-electron chi connectivity index (χ4n) is 3.63. The molecule has 2 aromatic carbocycles. The molecule has 148 valence electrons. The van der Waals surface area contributed by atoms with Crippen LogP contribution in [0.15, 0.2) is 53.4 Å². The van der Waals surface area contributed by atoms with Crippen molar-refractivity contribution in [2.75, 3.05) is 19.6 Å². The van der Waals surface area contributed by atoms with Gasteiger partial charge in [-0.1, -0.05) is 37.3 Å². The normalized spacial score (nSPS) is 16.1. The summed E-state index contributed by atoms with van der Waals surface area (Å²) in [4.78, 5) is 2.81. The van der Waals surface area contributed by atoms with Gasteiger partial charge < -0.3 is 4.90 Å². The number of rotatable bonds is 6. The maximum absolute atomic E-state index is 13.0. The van der Waals surface area contributed by atoms with Gasteiger partial charge in [0.25, 0.3) is 0 Å². The highest BCUT2D eigenvalue weighted by molar-refractivity contribution is 7.92. The molecule has 0 amide bonds. The van der Waals surface area contributed by atoms with Gasteiger partial charge in [-0.15, -0.1) is 12.4 Å². The minimum absolute atomic E-state index is 0. The Bertz CT molecular complexity index is 832. The third kappa shape index (κ3) is 5.31. The molecule has 1 fully saturated rings. The standard InChI is InChI=1S/C21H26FNO2S.ClH/c1-2-18-5-3-4-6-21(18)26(24,25)20-12-15-23(16-13-20)14-11-17-7-9-19(22)10-8-17;/h3-10,20H,2,11-16H2,1H3;1H. The van der Waals surface area contributed by atoms with Crippen LogP contribution >= 0.6 is 12.4 Å². The zero-order valence-corrected chi connectivity index (χ0v) is 17.2. The second-order valence-electron chi connectivity index (χ2n) is 6.92. The molecule has 1 aliphatic rings. The maximum atomic E-state index is 13.0. The van der Waals surface area contributed by atoms with Gasteiger partial charge in [-0.3, -0.25) is 0 Å². The van der Waals surface area contributed by atoms with E-state index in [1.54, 1.807) is 6.07 Å². The predicted octanol–water partition coefficient (Wildman–Crippen LogP) is 4.29. The van der Waals surface area contributed by atoms with E-state index in [9.17, 15) is 12.8 Å². The molecule has 2 aromatic rings. The Hall–Kier alpha value is -1.43. The number of benzene rings is 2. The van der Waals surface area contributed by atoms with Crippen LogP contribution in [-0.4, -0.2) is 38.2 Å². The lowest BCUT2D eigenvalue weighted by molar-refractivity contribution is 0.232. The molecule has 1 aliphatic heterocycles. The fraction of sp³-hybridized carbons (Fsp3) is 0.429. The smallest absolute Gasteiger partial charge is 0.181 e. The monoisotopic (exact) mass is 411 g/mol. The lowest BCUT2D eigenvalue weighted by atomic mass is 10.1. The highest BCUT2D eigenvalue weighted by Crippen LogP contribution is 2.27. The quantitative estimate of drug-likeness (QED) is 0.711. The number of aryl methyl sites for hydroxylation is 1. The summed E-state index contributed by atoms with van der Waals surface area (Å²) in [5.74, 6) is -0.216. The number of likely N-dealkylation sites (tertiary alicyclic amines) is 1. The molecule has 0 saturated carbocycles. The van der Waals surface area contributed by atoms with Crippen molar-refractivity contribution in [3.8, 4) is 0 Å². The first-order chi connectivity index (χ1) is 12.5. The van der Waals surface area contributed by atoms with Crippen molar-refractivity contribution in [2.45, 2.75) is 42.8 Å². The minimum atomic E-state index is -3.27. The van der Waals surface area contributed by atoms with Gasteiger partial charge in [0.2, 0.25) is 0 Å². The molecule has 0 atom stereocenters. The van der Waals surface area contributed by atoms with E-state index in [2.05, 4.69) is 4.90 Å². The van der Waals surface area contributed by atoms with E-state index in [1.165, 1.54) is 12.1 Å². The number of hydrogen-bond acceptors (Lipinski definition) is 3. The Morgan fingerprint density at radius 3 is 2.30 bits per heavy atom. The number of piperidine rings is 1. The van der Waals surface area contributed by atoms with E-state index in [0.29, 0.717) is 17.7 Å². The summed E-state index contributed by atoms with van der Waals surface area (Å²) in [5, 5.41) is -0.294. The van der Waals surface area contributed by atoms with Gasteiger partial charge in [0, 0.05) is 6.54 Å². The number of sulfone groups is 1. The molecular weight excluding hydrogens is 385 g/mol. The molecule has 27 heavy (non-hydrogen) atoms. The average Bonchev–Trinajstić information content (AvgIpc) is 2.68. The van der Waals surface area contributed by atoms with Gasteiger partial charge in [0.15, 0.2) is 9.84 Å². The van der Waals surface area contributed by atoms with E-state index in [-0.39, 0.29) is 23.5 Å². The van der Waals surface area contributed by atoms with Crippen molar-refractivity contribution in [1.82, 2.24) is 4.90 Å². The molecule has 0 bridgehead atoms. The predicted molar refractivity (Wildman–Crippen MR) is 110 cm³/mol. The molecule has 6 heteroatoms. The van der Waals surface area contributed by atoms with Crippen LogP contribution < -0.4 is 0 Å². The largest absolute Gasteiger partial charge is 0.303 e. The summed E-state index contributed by atoms with van der Waals surface area (Å²) in [7, 11) is -3.27. The van der Waals surface area contributed by atoms with E-state index < -0.39 is 9.84 Å². The molecule has 3 rings (SSSR count). The van der Waals surface area contributed by atoms with Crippen molar-refractivity contribution >= 4 is 22.2 Å². The first kappa shape index (κ1) is 21.9. The van der Waals surface area contributed by atoms with Crippen molar-refractivity contribution < 1.29 is 12.8 Å². The van der Waals surface area contributed by atoms with Gasteiger partial charge in [-0.2, -0.15) is 0 Å². The van der Waals surface area contributed by atoms with Crippen LogP contribution in [0.4, 0.5) is 4.39 Å². The van der Waals surface area contributed by atoms with Crippen LogP contribution in [0, 0.1) is 5.82 Å². The van der Waals surface area contributed by atoms with E-state index in [1.807, 2.05) is 37.3 Å². The third-order valence-corrected chi connectivity index (χ3v) is 7.62. The lowest BCUT2D eigenvalue weighted by Gasteiger charge is -2.32. The van der Waals surface area contributed by atoms with Gasteiger partial charge in [0.05, 0.1) is 10.1 Å². The minimum Gasteiger partial charge on any atom is -0.303 e. The van der Waals surface area contributed by atoms with Crippen molar-refractivity contribution in [2.24, 2.45) is 0 Å². The Labute approximate surface area is 167 Å². The van der Waals surface area contributed by atoms with Gasteiger partial charge >= 0.3 is 0 Å². The second-order valence-corrected chi connectivity index (χ2v) is 9.12. The van der Waals surface area contributed by atoms with Crippen LogP contribution in [0.5, 0.6) is 0 Å². The molecular formula is C21H27ClFNO2S. The number of halogens is 2. The highest BCUT2D eigenvalue weighted by atomic mass is 35.5. The first-order valence-corrected chi connectivity index (χ1v) is 10.8. The zero-order chi connectivity index (χ0) is 18.6. The van der Waals surface area contributed by atoms with Crippen LogP contribution in [-0.2, 0) is 22.7 Å². The maximum Gasteiger partial charge on any atom is 0.181 e. The number of hydrogen-bond donors (Lipinski definition) is 0. The lowest BCUT2D eigenvalue weighted by Crippen LogP contribution is -2.40. The summed E-state index contributed by atoms with van der Waals surface area (Å²) < 4.78 is 39.0. The van der Waals surface area contributed by atoms with E-state index >= 15 is 0 Å². The SMILES string of the molecule is CCc1ccccc1S(=O)(=O)C1CCN(CCc2ccc(F)cc2)CC1.Cl. The van der Waals surface area contributed by atoms with E-state index in [0.717, 1.165) is 43.6 Å². The Morgan fingerprint density at radius 1 is 1.04 bits per heavy atom. The summed E-state index contributed by atoms with van der Waals surface area (Å²) in [6, 6.07) is 14.0.